The molecule has 1 aromatic rings. The first-order chi connectivity index (χ1) is 4.79. The van der Waals surface area contributed by atoms with Gasteiger partial charge in [-0.3, -0.25) is 4.98 Å². The van der Waals surface area contributed by atoms with Gasteiger partial charge in [0.1, 0.15) is 0 Å². The van der Waals surface area contributed by atoms with Crippen LogP contribution in [0.15, 0.2) is 36.0 Å². The number of rotatable bonds is 2. The predicted molar refractivity (Wildman–Crippen MR) is 50.2 cm³/mol. The molecule has 0 radical (unpaired) electrons. The predicted octanol–water partition coefficient (Wildman–Crippen LogP) is 2.80. The number of allylic oxidation sites excluding steroid dienone is 1. The molecule has 0 spiro atoms. The van der Waals surface area contributed by atoms with E-state index in [-0.39, 0.29) is 12.4 Å². The lowest BCUT2D eigenvalue weighted by Crippen LogP contribution is -1.86. The van der Waals surface area contributed by atoms with E-state index in [4.69, 9.17) is 11.6 Å². The summed E-state index contributed by atoms with van der Waals surface area (Å²) >= 11 is 5.58. The Morgan fingerprint density at radius 3 is 2.73 bits per heavy atom. The molecule has 0 aliphatic carbocycles. The van der Waals surface area contributed by atoms with Crippen LogP contribution in [0.3, 0.4) is 0 Å². The van der Waals surface area contributed by atoms with Crippen molar-refractivity contribution in [3.8, 4) is 0 Å². The molecule has 1 heterocycles. The van der Waals surface area contributed by atoms with E-state index in [1.165, 1.54) is 0 Å². The van der Waals surface area contributed by atoms with Crippen molar-refractivity contribution in [2.24, 2.45) is 0 Å². The normalized spacial score (nSPS) is 8.45. The Morgan fingerprint density at radius 2 is 2.27 bits per heavy atom. The van der Waals surface area contributed by atoms with E-state index in [2.05, 4.69) is 11.6 Å². The van der Waals surface area contributed by atoms with Gasteiger partial charge in [0.05, 0.1) is 0 Å². The number of hydrogen-bond donors (Lipinski definition) is 0. The topological polar surface area (TPSA) is 12.9 Å². The third kappa shape index (κ3) is 4.02. The van der Waals surface area contributed by atoms with E-state index in [1.807, 2.05) is 18.2 Å². The molecule has 0 aliphatic heterocycles. The highest BCUT2D eigenvalue weighted by Gasteiger charge is 1.92. The van der Waals surface area contributed by atoms with Gasteiger partial charge in [-0.2, -0.15) is 0 Å². The maximum atomic E-state index is 5.58. The molecule has 0 bridgehead atoms. The summed E-state index contributed by atoms with van der Waals surface area (Å²) in [4.78, 5) is 4.07. The standard InChI is InChI=1S/C8H8ClN.ClH/c1-7(9)6-8-4-2-3-5-10-8;/h2-5H,1,6H2;1H. The molecule has 3 heteroatoms. The average Bonchev–Trinajstić information content (AvgIpc) is 1.88. The fraction of sp³-hybridized carbons (Fsp3) is 0.125. The van der Waals surface area contributed by atoms with Gasteiger partial charge < -0.3 is 0 Å². The maximum Gasteiger partial charge on any atom is 0.0456 e. The molecular weight excluding hydrogens is 181 g/mol. The number of hydrogen-bond acceptors (Lipinski definition) is 1. The van der Waals surface area contributed by atoms with Gasteiger partial charge in [0.15, 0.2) is 0 Å². The first-order valence-corrected chi connectivity index (χ1v) is 3.40. The molecule has 1 rings (SSSR count). The first kappa shape index (κ1) is 10.5. The second kappa shape index (κ2) is 5.16. The molecule has 1 nitrogen and oxygen atoms in total. The Balaban J connectivity index is 0.000001000. The third-order valence-corrected chi connectivity index (χ3v) is 1.23. The van der Waals surface area contributed by atoms with Crippen LogP contribution in [0.5, 0.6) is 0 Å². The van der Waals surface area contributed by atoms with Crippen molar-refractivity contribution < 1.29 is 0 Å². The van der Waals surface area contributed by atoms with Crippen LogP contribution in [-0.2, 0) is 6.42 Å². The average molecular weight is 190 g/mol. The summed E-state index contributed by atoms with van der Waals surface area (Å²) in [5, 5.41) is 0.624. The molecule has 0 unspecified atom stereocenters. The minimum absolute atomic E-state index is 0. The lowest BCUT2D eigenvalue weighted by Gasteiger charge is -1.94. The van der Waals surface area contributed by atoms with Gasteiger partial charge in [0, 0.05) is 23.3 Å². The fourth-order valence-electron chi connectivity index (χ4n) is 0.699. The van der Waals surface area contributed by atoms with Gasteiger partial charge in [-0.1, -0.05) is 24.2 Å². The lowest BCUT2D eigenvalue weighted by molar-refractivity contribution is 1.10. The smallest absolute Gasteiger partial charge is 0.0456 e. The van der Waals surface area contributed by atoms with Gasteiger partial charge in [0.2, 0.25) is 0 Å². The molecule has 0 saturated carbocycles. The van der Waals surface area contributed by atoms with Crippen molar-refractivity contribution >= 4 is 24.0 Å². The minimum atomic E-state index is 0. The second-order valence-corrected chi connectivity index (χ2v) is 2.55. The zero-order valence-corrected chi connectivity index (χ0v) is 7.53. The van der Waals surface area contributed by atoms with Crippen LogP contribution in [0, 0.1) is 0 Å². The Morgan fingerprint density at radius 1 is 1.55 bits per heavy atom. The highest BCUT2D eigenvalue weighted by molar-refractivity contribution is 6.29. The van der Waals surface area contributed by atoms with Crippen LogP contribution < -0.4 is 0 Å². The van der Waals surface area contributed by atoms with Crippen LogP contribution >= 0.6 is 24.0 Å². The van der Waals surface area contributed by atoms with Crippen LogP contribution in [0.2, 0.25) is 0 Å². The Hall–Kier alpha value is -0.530. The molecular formula is C8H9Cl2N. The maximum absolute atomic E-state index is 5.58. The number of aromatic nitrogens is 1. The molecule has 0 atom stereocenters. The molecule has 60 valence electrons. The van der Waals surface area contributed by atoms with Gasteiger partial charge in [-0.15, -0.1) is 12.4 Å². The molecule has 0 aromatic carbocycles. The Kier molecular flexibility index (Phi) is 4.92. The largest absolute Gasteiger partial charge is 0.261 e. The highest BCUT2D eigenvalue weighted by atomic mass is 35.5. The third-order valence-electron chi connectivity index (χ3n) is 1.10. The SMILES string of the molecule is C=C(Cl)Cc1ccccn1.Cl. The molecule has 11 heavy (non-hydrogen) atoms. The summed E-state index contributed by atoms with van der Waals surface area (Å²) in [5.74, 6) is 0. The molecule has 0 amide bonds. The van der Waals surface area contributed by atoms with E-state index >= 15 is 0 Å². The van der Waals surface area contributed by atoms with Crippen molar-refractivity contribution in [3.63, 3.8) is 0 Å². The van der Waals surface area contributed by atoms with E-state index in [9.17, 15) is 0 Å². The Bertz CT molecular complexity index is 221. The zero-order chi connectivity index (χ0) is 7.40. The summed E-state index contributed by atoms with van der Waals surface area (Å²) in [6.07, 6.45) is 2.40. The van der Waals surface area contributed by atoms with Crippen LogP contribution in [-0.4, -0.2) is 4.98 Å². The van der Waals surface area contributed by atoms with Crippen LogP contribution in [0.4, 0.5) is 0 Å². The Labute approximate surface area is 77.5 Å². The molecule has 0 N–H and O–H groups in total. The van der Waals surface area contributed by atoms with E-state index < -0.39 is 0 Å². The van der Waals surface area contributed by atoms with Gasteiger partial charge in [-0.05, 0) is 12.1 Å². The molecule has 0 fully saturated rings. The van der Waals surface area contributed by atoms with E-state index in [0.29, 0.717) is 11.5 Å². The van der Waals surface area contributed by atoms with Crippen molar-refractivity contribution in [1.82, 2.24) is 4.98 Å². The second-order valence-electron chi connectivity index (χ2n) is 2.02. The van der Waals surface area contributed by atoms with Gasteiger partial charge >= 0.3 is 0 Å². The van der Waals surface area contributed by atoms with Crippen LogP contribution in [0.25, 0.3) is 0 Å². The first-order valence-electron chi connectivity index (χ1n) is 3.02. The summed E-state index contributed by atoms with van der Waals surface area (Å²) in [5.41, 5.74) is 0.961. The van der Waals surface area contributed by atoms with Crippen LogP contribution in [0.1, 0.15) is 5.69 Å². The summed E-state index contributed by atoms with van der Waals surface area (Å²) in [6, 6.07) is 5.73. The van der Waals surface area contributed by atoms with Crippen molar-refractivity contribution in [3.05, 3.63) is 41.7 Å². The quantitative estimate of drug-likeness (QED) is 0.698. The molecule has 0 saturated heterocycles. The minimum Gasteiger partial charge on any atom is -0.261 e. The van der Waals surface area contributed by atoms with Gasteiger partial charge in [-0.25, -0.2) is 0 Å². The summed E-state index contributed by atoms with van der Waals surface area (Å²) < 4.78 is 0. The van der Waals surface area contributed by atoms with E-state index in [0.717, 1.165) is 5.69 Å². The van der Waals surface area contributed by atoms with Crippen molar-refractivity contribution in [2.45, 2.75) is 6.42 Å². The fourth-order valence-corrected chi connectivity index (χ4v) is 0.836. The number of nitrogens with zero attached hydrogens (tertiary/aromatic N) is 1. The molecule has 0 aliphatic rings. The summed E-state index contributed by atoms with van der Waals surface area (Å²) in [6.45, 7) is 3.58. The van der Waals surface area contributed by atoms with E-state index in [1.54, 1.807) is 6.20 Å². The summed E-state index contributed by atoms with van der Waals surface area (Å²) in [7, 11) is 0. The van der Waals surface area contributed by atoms with Gasteiger partial charge in [0.25, 0.3) is 0 Å². The zero-order valence-electron chi connectivity index (χ0n) is 5.96. The monoisotopic (exact) mass is 189 g/mol. The number of pyridine rings is 1. The molecule has 1 aromatic heterocycles. The van der Waals surface area contributed by atoms with Crippen molar-refractivity contribution in [2.75, 3.05) is 0 Å². The lowest BCUT2D eigenvalue weighted by atomic mass is 10.3. The van der Waals surface area contributed by atoms with Crippen molar-refractivity contribution in [1.29, 1.82) is 0 Å². The number of halogens is 2. The highest BCUT2D eigenvalue weighted by Crippen LogP contribution is 2.05.